The van der Waals surface area contributed by atoms with Gasteiger partial charge in [-0.15, -0.1) is 0 Å². The van der Waals surface area contributed by atoms with Crippen LogP contribution in [0.1, 0.15) is 44.5 Å². The maximum absolute atomic E-state index is 5.76. The van der Waals surface area contributed by atoms with Gasteiger partial charge in [-0.3, -0.25) is 0 Å². The van der Waals surface area contributed by atoms with Gasteiger partial charge in [-0.2, -0.15) is 0 Å². The van der Waals surface area contributed by atoms with E-state index >= 15 is 0 Å². The molecule has 0 spiro atoms. The van der Waals surface area contributed by atoms with Crippen LogP contribution in [-0.2, 0) is 10.8 Å². The Morgan fingerprint density at radius 3 is 0.949 bits per heavy atom. The standard InChI is InChI=1S/C75H51NO2/c1-5-17-57(18-6-1)74(58-19-7-2-8-20-58)68-27-15-13-25-64(68)66-47-54(35-44-70(66)74)51-29-38-61(39-30-51)76(63-42-33-53(34-43-63)56-37-46-72-73(49-56)78-50-77-72)62-40-31-52(32-41-62)55-36-45-71-67(48-55)65-26-14-16-28-69(65)75(71,59-21-9-3-10-22-59)60-23-11-4-12-24-60/h1-49H,50H2. The third-order valence-electron chi connectivity index (χ3n) is 16.7. The monoisotopic (exact) mass is 997 g/mol. The Morgan fingerprint density at radius 1 is 0.244 bits per heavy atom. The summed E-state index contributed by atoms with van der Waals surface area (Å²) < 4.78 is 11.4. The predicted molar refractivity (Wildman–Crippen MR) is 318 cm³/mol. The molecule has 2 aliphatic carbocycles. The van der Waals surface area contributed by atoms with E-state index < -0.39 is 10.8 Å². The van der Waals surface area contributed by atoms with Crippen LogP contribution in [-0.4, -0.2) is 6.79 Å². The van der Waals surface area contributed by atoms with E-state index in [9.17, 15) is 0 Å². The molecule has 78 heavy (non-hydrogen) atoms. The van der Waals surface area contributed by atoms with Crippen LogP contribution in [0.3, 0.4) is 0 Å². The molecule has 0 bridgehead atoms. The summed E-state index contributed by atoms with van der Waals surface area (Å²) in [6, 6.07) is 109. The number of fused-ring (bicyclic) bond motifs is 7. The first-order valence-electron chi connectivity index (χ1n) is 26.9. The Bertz CT molecular complexity index is 3890. The lowest BCUT2D eigenvalue weighted by Crippen LogP contribution is -2.28. The van der Waals surface area contributed by atoms with Gasteiger partial charge in [0.15, 0.2) is 11.5 Å². The van der Waals surface area contributed by atoms with E-state index in [1.54, 1.807) is 0 Å². The number of anilines is 3. The summed E-state index contributed by atoms with van der Waals surface area (Å²) in [5.74, 6) is 1.56. The van der Waals surface area contributed by atoms with Gasteiger partial charge < -0.3 is 14.4 Å². The molecule has 1 aliphatic heterocycles. The molecule has 0 atom stereocenters. The van der Waals surface area contributed by atoms with E-state index in [0.29, 0.717) is 0 Å². The van der Waals surface area contributed by atoms with Crippen molar-refractivity contribution in [3.05, 3.63) is 342 Å². The molecule has 12 aromatic carbocycles. The van der Waals surface area contributed by atoms with E-state index in [0.717, 1.165) is 50.8 Å². The van der Waals surface area contributed by atoms with E-state index in [1.807, 2.05) is 6.07 Å². The molecule has 0 N–H and O–H groups in total. The third-order valence-corrected chi connectivity index (χ3v) is 16.7. The average Bonchev–Trinajstić information content (AvgIpc) is 4.06. The molecule has 0 saturated carbocycles. The fraction of sp³-hybridized carbons (Fsp3) is 0.0400. The van der Waals surface area contributed by atoms with Crippen molar-refractivity contribution in [1.29, 1.82) is 0 Å². The zero-order valence-electron chi connectivity index (χ0n) is 42.8. The second-order valence-corrected chi connectivity index (χ2v) is 20.6. The fourth-order valence-corrected chi connectivity index (χ4v) is 13.2. The second kappa shape index (κ2) is 18.4. The van der Waals surface area contributed by atoms with Gasteiger partial charge in [0.2, 0.25) is 6.79 Å². The van der Waals surface area contributed by atoms with Gasteiger partial charge in [-0.05, 0) is 161 Å². The van der Waals surface area contributed by atoms with Crippen molar-refractivity contribution in [2.75, 3.05) is 11.7 Å². The minimum atomic E-state index is -0.437. The topological polar surface area (TPSA) is 21.7 Å². The van der Waals surface area contributed by atoms with Crippen LogP contribution in [0.2, 0.25) is 0 Å². The highest BCUT2D eigenvalue weighted by Gasteiger charge is 2.47. The first kappa shape index (κ1) is 45.4. The summed E-state index contributed by atoms with van der Waals surface area (Å²) in [6.45, 7) is 0.248. The van der Waals surface area contributed by atoms with Crippen molar-refractivity contribution in [2.24, 2.45) is 0 Å². The molecule has 0 fully saturated rings. The number of hydrogen-bond acceptors (Lipinski definition) is 3. The molecule has 12 aromatic rings. The Balaban J connectivity index is 0.809. The molecule has 3 aliphatic rings. The molecule has 0 unspecified atom stereocenters. The van der Waals surface area contributed by atoms with Crippen LogP contribution < -0.4 is 14.4 Å². The summed E-state index contributed by atoms with van der Waals surface area (Å²) in [7, 11) is 0. The van der Waals surface area contributed by atoms with Crippen molar-refractivity contribution in [1.82, 2.24) is 0 Å². The molecule has 0 aromatic heterocycles. The zero-order chi connectivity index (χ0) is 51.6. The molecular formula is C75H51NO2. The predicted octanol–water partition coefficient (Wildman–Crippen LogP) is 18.6. The highest BCUT2D eigenvalue weighted by Crippen LogP contribution is 2.58. The SMILES string of the molecule is c1ccc(C2(c3ccccc3)c3ccccc3-c3cc(-c4ccc(N(c5ccc(-c6ccc7c(c6)OCO7)cc5)c5ccc(-c6ccc7c(c6)-c6ccccc6C7(c6ccccc6)c6ccccc6)cc5)cc4)ccc32)cc1. The van der Waals surface area contributed by atoms with E-state index in [4.69, 9.17) is 9.47 Å². The van der Waals surface area contributed by atoms with Gasteiger partial charge in [0.05, 0.1) is 10.8 Å². The Kier molecular flexibility index (Phi) is 10.7. The molecule has 15 rings (SSSR count). The fourth-order valence-electron chi connectivity index (χ4n) is 13.2. The van der Waals surface area contributed by atoms with Crippen molar-refractivity contribution in [2.45, 2.75) is 10.8 Å². The first-order chi connectivity index (χ1) is 38.7. The van der Waals surface area contributed by atoms with E-state index in [1.165, 1.54) is 77.9 Å². The van der Waals surface area contributed by atoms with Gasteiger partial charge in [-0.1, -0.05) is 237 Å². The minimum Gasteiger partial charge on any atom is -0.454 e. The molecular weight excluding hydrogens is 947 g/mol. The van der Waals surface area contributed by atoms with Crippen LogP contribution in [0.5, 0.6) is 11.5 Å². The van der Waals surface area contributed by atoms with Crippen molar-refractivity contribution >= 4 is 17.1 Å². The van der Waals surface area contributed by atoms with Gasteiger partial charge >= 0.3 is 0 Å². The van der Waals surface area contributed by atoms with Crippen LogP contribution in [0.25, 0.3) is 55.6 Å². The van der Waals surface area contributed by atoms with Crippen LogP contribution >= 0.6 is 0 Å². The summed E-state index contributed by atoms with van der Waals surface area (Å²) >= 11 is 0. The number of ether oxygens (including phenoxy) is 2. The smallest absolute Gasteiger partial charge is 0.231 e. The highest BCUT2D eigenvalue weighted by molar-refractivity contribution is 5.91. The number of hydrogen-bond donors (Lipinski definition) is 0. The molecule has 0 amide bonds. The summed E-state index contributed by atoms with van der Waals surface area (Å²) in [4.78, 5) is 2.36. The number of benzene rings is 12. The maximum atomic E-state index is 5.76. The summed E-state index contributed by atoms with van der Waals surface area (Å²) in [5.41, 5.74) is 24.5. The van der Waals surface area contributed by atoms with Crippen LogP contribution in [0, 0.1) is 0 Å². The number of rotatable bonds is 10. The molecule has 0 saturated heterocycles. The Morgan fingerprint density at radius 2 is 0.551 bits per heavy atom. The van der Waals surface area contributed by atoms with Gasteiger partial charge in [0.1, 0.15) is 0 Å². The maximum Gasteiger partial charge on any atom is 0.231 e. The normalized spacial score (nSPS) is 13.7. The van der Waals surface area contributed by atoms with E-state index in [-0.39, 0.29) is 6.79 Å². The van der Waals surface area contributed by atoms with Crippen molar-refractivity contribution < 1.29 is 9.47 Å². The molecule has 3 heteroatoms. The van der Waals surface area contributed by atoms with Crippen LogP contribution in [0.4, 0.5) is 17.1 Å². The van der Waals surface area contributed by atoms with Crippen molar-refractivity contribution in [3.8, 4) is 67.1 Å². The van der Waals surface area contributed by atoms with Crippen molar-refractivity contribution in [3.63, 3.8) is 0 Å². The Labute approximate surface area is 455 Å². The zero-order valence-corrected chi connectivity index (χ0v) is 42.8. The molecule has 1 heterocycles. The minimum absolute atomic E-state index is 0.248. The lowest BCUT2D eigenvalue weighted by atomic mass is 9.67. The van der Waals surface area contributed by atoms with Gasteiger partial charge in [-0.25, -0.2) is 0 Å². The third kappa shape index (κ3) is 7.05. The lowest BCUT2D eigenvalue weighted by molar-refractivity contribution is 0.174. The Hall–Kier alpha value is -9.96. The quantitative estimate of drug-likeness (QED) is 0.136. The van der Waals surface area contributed by atoms with Gasteiger partial charge in [0, 0.05) is 17.1 Å². The molecule has 368 valence electrons. The summed E-state index contributed by atoms with van der Waals surface area (Å²) in [5, 5.41) is 0. The molecule has 0 radical (unpaired) electrons. The lowest BCUT2D eigenvalue weighted by Gasteiger charge is -2.33. The van der Waals surface area contributed by atoms with Gasteiger partial charge in [0.25, 0.3) is 0 Å². The summed E-state index contributed by atoms with van der Waals surface area (Å²) in [6.07, 6.45) is 0. The highest BCUT2D eigenvalue weighted by atomic mass is 16.7. The molecule has 3 nitrogen and oxygen atoms in total. The van der Waals surface area contributed by atoms with E-state index in [2.05, 4.69) is 296 Å². The average molecular weight is 998 g/mol. The largest absolute Gasteiger partial charge is 0.454 e. The van der Waals surface area contributed by atoms with Crippen LogP contribution in [0.15, 0.2) is 297 Å². The first-order valence-corrected chi connectivity index (χ1v) is 26.9. The number of nitrogens with zero attached hydrogens (tertiary/aromatic N) is 1. The second-order valence-electron chi connectivity index (χ2n) is 20.6.